The van der Waals surface area contributed by atoms with Crippen molar-refractivity contribution in [1.29, 1.82) is 0 Å². The molecule has 1 aliphatic rings. The second-order valence-electron chi connectivity index (χ2n) is 7.43. The van der Waals surface area contributed by atoms with Crippen molar-refractivity contribution in [2.75, 3.05) is 5.75 Å². The molecule has 1 N–H and O–H groups in total. The number of nitrogens with zero attached hydrogens (tertiary/aromatic N) is 2. The lowest BCUT2D eigenvalue weighted by Crippen LogP contribution is -2.30. The molecule has 1 aliphatic carbocycles. The second-order valence-corrected chi connectivity index (χ2v) is 8.37. The van der Waals surface area contributed by atoms with Crippen molar-refractivity contribution in [2.45, 2.75) is 49.8 Å². The fraction of sp³-hybridized carbons (Fsp3) is 0.348. The van der Waals surface area contributed by atoms with Crippen molar-refractivity contribution in [3.63, 3.8) is 0 Å². The third-order valence-electron chi connectivity index (χ3n) is 5.13. The standard InChI is InChI=1S/C23H25N3O2S/c1-2-8-19(16-9-4-3-5-10-16)24-21(27)15-29-23-25-20-12-7-6-11-18(20)22(28)26(23)17-13-14-17/h3-7,9-12,17,19H,2,8,13-15H2,1H3,(H,24,27)/t19-/m0/s1. The van der Waals surface area contributed by atoms with Gasteiger partial charge in [-0.3, -0.25) is 14.2 Å². The molecule has 1 fully saturated rings. The zero-order chi connectivity index (χ0) is 20.2. The van der Waals surface area contributed by atoms with Gasteiger partial charge < -0.3 is 5.32 Å². The molecule has 150 valence electrons. The lowest BCUT2D eigenvalue weighted by Gasteiger charge is -2.19. The van der Waals surface area contributed by atoms with Crippen LogP contribution < -0.4 is 10.9 Å². The van der Waals surface area contributed by atoms with Gasteiger partial charge in [-0.25, -0.2) is 4.98 Å². The molecular weight excluding hydrogens is 382 g/mol. The van der Waals surface area contributed by atoms with Gasteiger partial charge >= 0.3 is 0 Å². The highest BCUT2D eigenvalue weighted by molar-refractivity contribution is 7.99. The van der Waals surface area contributed by atoms with Gasteiger partial charge in [-0.05, 0) is 37.0 Å². The lowest BCUT2D eigenvalue weighted by molar-refractivity contribution is -0.119. The molecule has 0 radical (unpaired) electrons. The Kier molecular flexibility index (Phi) is 6.00. The molecule has 0 spiro atoms. The number of benzene rings is 2. The monoisotopic (exact) mass is 407 g/mol. The number of para-hydroxylation sites is 1. The smallest absolute Gasteiger partial charge is 0.262 e. The number of carbonyl (C=O) groups excluding carboxylic acids is 1. The minimum Gasteiger partial charge on any atom is -0.349 e. The van der Waals surface area contributed by atoms with Crippen LogP contribution in [0.25, 0.3) is 10.9 Å². The number of aromatic nitrogens is 2. The minimum absolute atomic E-state index is 0.00416. The predicted octanol–water partition coefficient (Wildman–Crippen LogP) is 4.48. The average Bonchev–Trinajstić information content (AvgIpc) is 3.58. The quantitative estimate of drug-likeness (QED) is 0.442. The first kappa shape index (κ1) is 19.7. The molecule has 2 aromatic carbocycles. The van der Waals surface area contributed by atoms with Crippen molar-refractivity contribution in [3.8, 4) is 0 Å². The van der Waals surface area contributed by atoms with Crippen LogP contribution in [0, 0.1) is 0 Å². The van der Waals surface area contributed by atoms with Crippen LogP contribution in [0.4, 0.5) is 0 Å². The van der Waals surface area contributed by atoms with E-state index in [0.29, 0.717) is 16.1 Å². The number of hydrogen-bond donors (Lipinski definition) is 1. The largest absolute Gasteiger partial charge is 0.349 e. The van der Waals surface area contributed by atoms with E-state index in [0.717, 1.165) is 31.2 Å². The van der Waals surface area contributed by atoms with Gasteiger partial charge in [0.15, 0.2) is 5.16 Å². The SMILES string of the molecule is CCC[C@H](NC(=O)CSc1nc2ccccc2c(=O)n1C1CC1)c1ccccc1. The van der Waals surface area contributed by atoms with E-state index in [9.17, 15) is 9.59 Å². The molecule has 3 aromatic rings. The van der Waals surface area contributed by atoms with Crippen molar-refractivity contribution in [2.24, 2.45) is 0 Å². The van der Waals surface area contributed by atoms with E-state index in [-0.39, 0.29) is 29.3 Å². The van der Waals surface area contributed by atoms with E-state index >= 15 is 0 Å². The van der Waals surface area contributed by atoms with Crippen LogP contribution in [-0.2, 0) is 4.79 Å². The van der Waals surface area contributed by atoms with Crippen LogP contribution in [0.3, 0.4) is 0 Å². The van der Waals surface area contributed by atoms with Crippen molar-refractivity contribution in [1.82, 2.24) is 14.9 Å². The van der Waals surface area contributed by atoms with Crippen LogP contribution in [0.5, 0.6) is 0 Å². The Balaban J connectivity index is 1.51. The molecule has 1 atom stereocenters. The molecule has 1 saturated carbocycles. The van der Waals surface area contributed by atoms with Crippen LogP contribution in [-0.4, -0.2) is 21.2 Å². The van der Waals surface area contributed by atoms with Crippen molar-refractivity contribution >= 4 is 28.6 Å². The zero-order valence-corrected chi connectivity index (χ0v) is 17.3. The molecule has 0 aliphatic heterocycles. The summed E-state index contributed by atoms with van der Waals surface area (Å²) in [7, 11) is 0. The Labute approximate surface area is 174 Å². The van der Waals surface area contributed by atoms with Crippen LogP contribution in [0.2, 0.25) is 0 Å². The molecule has 29 heavy (non-hydrogen) atoms. The summed E-state index contributed by atoms with van der Waals surface area (Å²) >= 11 is 1.35. The van der Waals surface area contributed by atoms with Crippen LogP contribution in [0.15, 0.2) is 64.5 Å². The molecule has 1 aromatic heterocycles. The van der Waals surface area contributed by atoms with Gasteiger partial charge in [-0.2, -0.15) is 0 Å². The van der Waals surface area contributed by atoms with E-state index < -0.39 is 0 Å². The molecule has 5 nitrogen and oxygen atoms in total. The maximum Gasteiger partial charge on any atom is 0.262 e. The molecule has 6 heteroatoms. The van der Waals surface area contributed by atoms with Gasteiger partial charge in [-0.15, -0.1) is 0 Å². The minimum atomic E-state index is -0.0398. The Morgan fingerprint density at radius 2 is 1.90 bits per heavy atom. The molecule has 1 heterocycles. The first-order valence-electron chi connectivity index (χ1n) is 10.2. The number of carbonyl (C=O) groups is 1. The fourth-order valence-electron chi connectivity index (χ4n) is 3.54. The third-order valence-corrected chi connectivity index (χ3v) is 6.09. The van der Waals surface area contributed by atoms with Gasteiger partial charge in [0, 0.05) is 6.04 Å². The van der Waals surface area contributed by atoms with Crippen molar-refractivity contribution < 1.29 is 4.79 Å². The molecule has 0 bridgehead atoms. The van der Waals surface area contributed by atoms with Gasteiger partial charge in [0.05, 0.1) is 22.7 Å². The van der Waals surface area contributed by atoms with Crippen molar-refractivity contribution in [3.05, 3.63) is 70.5 Å². The lowest BCUT2D eigenvalue weighted by atomic mass is 10.0. The maximum absolute atomic E-state index is 12.9. The number of thioether (sulfide) groups is 1. The summed E-state index contributed by atoms with van der Waals surface area (Å²) in [5.74, 6) is 0.201. The van der Waals surface area contributed by atoms with E-state index in [2.05, 4.69) is 17.2 Å². The normalized spacial score (nSPS) is 14.7. The summed E-state index contributed by atoms with van der Waals surface area (Å²) in [4.78, 5) is 30.3. The fourth-order valence-corrected chi connectivity index (χ4v) is 4.42. The van der Waals surface area contributed by atoms with Gasteiger partial charge in [0.25, 0.3) is 5.56 Å². The second kappa shape index (κ2) is 8.82. The van der Waals surface area contributed by atoms with Crippen LogP contribution in [0.1, 0.15) is 50.3 Å². The Hall–Kier alpha value is -2.60. The number of nitrogens with one attached hydrogen (secondary N) is 1. The van der Waals surface area contributed by atoms with E-state index in [4.69, 9.17) is 0 Å². The summed E-state index contributed by atoms with van der Waals surface area (Å²) in [5, 5.41) is 4.42. The van der Waals surface area contributed by atoms with Gasteiger partial charge in [0.2, 0.25) is 5.91 Å². The number of rotatable bonds is 8. The summed E-state index contributed by atoms with van der Waals surface area (Å²) < 4.78 is 1.78. The van der Waals surface area contributed by atoms with Gasteiger partial charge in [0.1, 0.15) is 0 Å². The number of fused-ring (bicyclic) bond motifs is 1. The van der Waals surface area contributed by atoms with E-state index in [1.807, 2.05) is 54.6 Å². The highest BCUT2D eigenvalue weighted by atomic mass is 32.2. The highest BCUT2D eigenvalue weighted by Gasteiger charge is 2.28. The first-order valence-corrected chi connectivity index (χ1v) is 11.1. The Morgan fingerprint density at radius 1 is 1.17 bits per heavy atom. The van der Waals surface area contributed by atoms with Crippen LogP contribution >= 0.6 is 11.8 Å². The summed E-state index contributed by atoms with van der Waals surface area (Å²) in [6, 6.07) is 17.7. The maximum atomic E-state index is 12.9. The molecule has 0 saturated heterocycles. The van der Waals surface area contributed by atoms with E-state index in [1.165, 1.54) is 11.8 Å². The summed E-state index contributed by atoms with van der Waals surface area (Å²) in [5.41, 5.74) is 1.80. The topological polar surface area (TPSA) is 64.0 Å². The molecule has 0 unspecified atom stereocenters. The number of amides is 1. The summed E-state index contributed by atoms with van der Waals surface area (Å²) in [6.45, 7) is 2.12. The third kappa shape index (κ3) is 4.53. The Morgan fingerprint density at radius 3 is 2.62 bits per heavy atom. The number of hydrogen-bond acceptors (Lipinski definition) is 4. The summed E-state index contributed by atoms with van der Waals surface area (Å²) in [6.07, 6.45) is 3.86. The Bertz CT molecular complexity index is 1060. The molecule has 1 amide bonds. The molecule has 4 rings (SSSR count). The highest BCUT2D eigenvalue weighted by Crippen LogP contribution is 2.36. The predicted molar refractivity (Wildman–Crippen MR) is 117 cm³/mol. The zero-order valence-electron chi connectivity index (χ0n) is 16.5. The average molecular weight is 408 g/mol. The van der Waals surface area contributed by atoms with Gasteiger partial charge in [-0.1, -0.05) is 67.6 Å². The van der Waals surface area contributed by atoms with E-state index in [1.54, 1.807) is 4.57 Å². The first-order chi connectivity index (χ1) is 14.2. The molecular formula is C23H25N3O2S.